The lowest BCUT2D eigenvalue weighted by Gasteiger charge is -2.36. The van der Waals surface area contributed by atoms with E-state index in [1.165, 1.54) is 11.3 Å². The summed E-state index contributed by atoms with van der Waals surface area (Å²) in [5.74, 6) is 0.949. The standard InChI is InChI=1S/C17H19N3O/c1-14-3-2-4-16(11-14)19-7-9-20(10-8-19)17-6-5-15(13-21)12-18-17/h2-6,11-13H,7-10H2,1H3. The number of hydrogen-bond acceptors (Lipinski definition) is 4. The van der Waals surface area contributed by atoms with Gasteiger partial charge in [-0.25, -0.2) is 4.98 Å². The third-order valence-electron chi connectivity index (χ3n) is 3.88. The monoisotopic (exact) mass is 281 g/mol. The molecular formula is C17H19N3O. The second kappa shape index (κ2) is 5.95. The summed E-state index contributed by atoms with van der Waals surface area (Å²) in [7, 11) is 0. The Bertz CT molecular complexity index is 616. The Kier molecular flexibility index (Phi) is 3.86. The average molecular weight is 281 g/mol. The van der Waals surface area contributed by atoms with E-state index in [0.29, 0.717) is 5.56 Å². The van der Waals surface area contributed by atoms with Gasteiger partial charge in [0.05, 0.1) is 0 Å². The van der Waals surface area contributed by atoms with Crippen LogP contribution in [0.4, 0.5) is 11.5 Å². The van der Waals surface area contributed by atoms with Gasteiger partial charge in [-0.3, -0.25) is 4.79 Å². The van der Waals surface area contributed by atoms with Crippen molar-refractivity contribution < 1.29 is 4.79 Å². The molecule has 108 valence electrons. The van der Waals surface area contributed by atoms with E-state index in [1.54, 1.807) is 6.20 Å². The molecule has 3 rings (SSSR count). The van der Waals surface area contributed by atoms with Crippen molar-refractivity contribution in [2.45, 2.75) is 6.92 Å². The Morgan fingerprint density at radius 2 is 1.81 bits per heavy atom. The molecule has 2 aromatic rings. The number of hydrogen-bond donors (Lipinski definition) is 0. The van der Waals surface area contributed by atoms with E-state index in [9.17, 15) is 4.79 Å². The van der Waals surface area contributed by atoms with Crippen molar-refractivity contribution in [2.75, 3.05) is 36.0 Å². The zero-order valence-corrected chi connectivity index (χ0v) is 12.2. The van der Waals surface area contributed by atoms with Gasteiger partial charge in [0.15, 0.2) is 6.29 Å². The zero-order chi connectivity index (χ0) is 14.7. The summed E-state index contributed by atoms with van der Waals surface area (Å²) >= 11 is 0. The van der Waals surface area contributed by atoms with Gasteiger partial charge >= 0.3 is 0 Å². The van der Waals surface area contributed by atoms with E-state index < -0.39 is 0 Å². The first-order chi connectivity index (χ1) is 10.3. The van der Waals surface area contributed by atoms with Gasteiger partial charge in [-0.05, 0) is 36.8 Å². The van der Waals surface area contributed by atoms with Crippen molar-refractivity contribution in [2.24, 2.45) is 0 Å². The summed E-state index contributed by atoms with van der Waals surface area (Å²) in [6, 6.07) is 12.4. The van der Waals surface area contributed by atoms with Crippen LogP contribution in [0.15, 0.2) is 42.6 Å². The van der Waals surface area contributed by atoms with E-state index in [2.05, 4.69) is 46.0 Å². The number of rotatable bonds is 3. The smallest absolute Gasteiger partial charge is 0.151 e. The Morgan fingerprint density at radius 1 is 1.05 bits per heavy atom. The molecule has 1 aromatic carbocycles. The molecule has 0 radical (unpaired) electrons. The van der Waals surface area contributed by atoms with Crippen LogP contribution in [0, 0.1) is 6.92 Å². The van der Waals surface area contributed by atoms with Crippen LogP contribution in [0.25, 0.3) is 0 Å². The number of nitrogens with zero attached hydrogens (tertiary/aromatic N) is 3. The number of carbonyl (C=O) groups excluding carboxylic acids is 1. The first-order valence-electron chi connectivity index (χ1n) is 7.24. The topological polar surface area (TPSA) is 36.4 Å². The number of aldehydes is 1. The maximum absolute atomic E-state index is 10.7. The van der Waals surface area contributed by atoms with E-state index in [4.69, 9.17) is 0 Å². The number of anilines is 2. The summed E-state index contributed by atoms with van der Waals surface area (Å²) < 4.78 is 0. The Hall–Kier alpha value is -2.36. The second-order valence-electron chi connectivity index (χ2n) is 5.38. The highest BCUT2D eigenvalue weighted by atomic mass is 16.1. The van der Waals surface area contributed by atoms with Crippen molar-refractivity contribution in [3.63, 3.8) is 0 Å². The number of piperazine rings is 1. The summed E-state index contributed by atoms with van der Waals surface area (Å²) in [6.07, 6.45) is 2.46. The SMILES string of the molecule is Cc1cccc(N2CCN(c3ccc(C=O)cn3)CC2)c1. The predicted octanol–water partition coefficient (Wildman–Crippen LogP) is 2.53. The van der Waals surface area contributed by atoms with Crippen LogP contribution in [-0.2, 0) is 0 Å². The fraction of sp³-hybridized carbons (Fsp3) is 0.294. The minimum atomic E-state index is 0.622. The molecule has 1 aliphatic heterocycles. The molecule has 0 N–H and O–H groups in total. The quantitative estimate of drug-likeness (QED) is 0.810. The molecule has 0 amide bonds. The Morgan fingerprint density at radius 3 is 2.43 bits per heavy atom. The number of aryl methyl sites for hydroxylation is 1. The molecule has 0 atom stereocenters. The number of carbonyl (C=O) groups is 1. The highest BCUT2D eigenvalue weighted by Gasteiger charge is 2.18. The van der Waals surface area contributed by atoms with Crippen LogP contribution in [0.5, 0.6) is 0 Å². The number of pyridine rings is 1. The largest absolute Gasteiger partial charge is 0.368 e. The van der Waals surface area contributed by atoms with Crippen molar-refractivity contribution in [1.29, 1.82) is 0 Å². The third kappa shape index (κ3) is 3.05. The molecule has 4 nitrogen and oxygen atoms in total. The van der Waals surface area contributed by atoms with Crippen LogP contribution >= 0.6 is 0 Å². The molecule has 4 heteroatoms. The lowest BCUT2D eigenvalue weighted by Crippen LogP contribution is -2.46. The van der Waals surface area contributed by atoms with Gasteiger partial charge in [-0.1, -0.05) is 12.1 Å². The van der Waals surface area contributed by atoms with Crippen molar-refractivity contribution in [3.05, 3.63) is 53.7 Å². The molecule has 1 aromatic heterocycles. The second-order valence-corrected chi connectivity index (χ2v) is 5.38. The molecule has 2 heterocycles. The first-order valence-corrected chi connectivity index (χ1v) is 7.24. The van der Waals surface area contributed by atoms with Gasteiger partial charge < -0.3 is 9.80 Å². The van der Waals surface area contributed by atoms with Gasteiger partial charge in [0.2, 0.25) is 0 Å². The van der Waals surface area contributed by atoms with E-state index in [0.717, 1.165) is 38.3 Å². The Balaban J connectivity index is 1.65. The first kappa shape index (κ1) is 13.6. The number of benzene rings is 1. The third-order valence-corrected chi connectivity index (χ3v) is 3.88. The van der Waals surface area contributed by atoms with Crippen LogP contribution in [0.3, 0.4) is 0 Å². The predicted molar refractivity (Wildman–Crippen MR) is 85.2 cm³/mol. The number of aromatic nitrogens is 1. The van der Waals surface area contributed by atoms with E-state index in [1.807, 2.05) is 12.1 Å². The minimum Gasteiger partial charge on any atom is -0.368 e. The fourth-order valence-corrected chi connectivity index (χ4v) is 2.67. The molecule has 0 bridgehead atoms. The maximum atomic E-state index is 10.7. The van der Waals surface area contributed by atoms with Crippen LogP contribution in [-0.4, -0.2) is 37.4 Å². The van der Waals surface area contributed by atoms with Gasteiger partial charge in [-0.2, -0.15) is 0 Å². The lowest BCUT2D eigenvalue weighted by molar-refractivity contribution is 0.112. The van der Waals surface area contributed by atoms with Crippen molar-refractivity contribution in [1.82, 2.24) is 4.98 Å². The lowest BCUT2D eigenvalue weighted by atomic mass is 10.2. The fourth-order valence-electron chi connectivity index (χ4n) is 2.67. The maximum Gasteiger partial charge on any atom is 0.151 e. The van der Waals surface area contributed by atoms with Crippen LogP contribution in [0.2, 0.25) is 0 Å². The molecule has 0 saturated carbocycles. The van der Waals surface area contributed by atoms with Gasteiger partial charge in [0, 0.05) is 43.6 Å². The molecule has 21 heavy (non-hydrogen) atoms. The highest BCUT2D eigenvalue weighted by Crippen LogP contribution is 2.20. The molecule has 0 aliphatic carbocycles. The van der Waals surface area contributed by atoms with Crippen LogP contribution in [0.1, 0.15) is 15.9 Å². The van der Waals surface area contributed by atoms with Gasteiger partial charge in [0.1, 0.15) is 5.82 Å². The summed E-state index contributed by atoms with van der Waals surface area (Å²) in [5.41, 5.74) is 3.21. The summed E-state index contributed by atoms with van der Waals surface area (Å²) in [6.45, 7) is 5.99. The van der Waals surface area contributed by atoms with Crippen molar-refractivity contribution >= 4 is 17.8 Å². The highest BCUT2D eigenvalue weighted by molar-refractivity contribution is 5.74. The molecule has 0 unspecified atom stereocenters. The molecule has 0 spiro atoms. The van der Waals surface area contributed by atoms with E-state index in [-0.39, 0.29) is 0 Å². The normalized spacial score (nSPS) is 15.1. The van der Waals surface area contributed by atoms with Gasteiger partial charge in [-0.15, -0.1) is 0 Å². The average Bonchev–Trinajstić information content (AvgIpc) is 2.55. The molecule has 1 aliphatic rings. The van der Waals surface area contributed by atoms with Crippen LogP contribution < -0.4 is 9.80 Å². The molecule has 1 saturated heterocycles. The Labute approximate surface area is 125 Å². The zero-order valence-electron chi connectivity index (χ0n) is 12.2. The van der Waals surface area contributed by atoms with Crippen molar-refractivity contribution in [3.8, 4) is 0 Å². The minimum absolute atomic E-state index is 0.622. The van der Waals surface area contributed by atoms with Gasteiger partial charge in [0.25, 0.3) is 0 Å². The molecular weight excluding hydrogens is 262 g/mol. The summed E-state index contributed by atoms with van der Waals surface area (Å²) in [4.78, 5) is 19.7. The molecule has 1 fully saturated rings. The van der Waals surface area contributed by atoms with E-state index >= 15 is 0 Å². The summed E-state index contributed by atoms with van der Waals surface area (Å²) in [5, 5.41) is 0.